The van der Waals surface area contributed by atoms with E-state index in [4.69, 9.17) is 0 Å². The van der Waals surface area contributed by atoms with Crippen molar-refractivity contribution in [2.45, 2.75) is 25.4 Å². The SMILES string of the molecule is O=C(NCc1ccccc1)c1ccc2c(c1)NC(=O)C1CCCN21. The van der Waals surface area contributed by atoms with Gasteiger partial charge >= 0.3 is 0 Å². The summed E-state index contributed by atoms with van der Waals surface area (Å²) in [5.74, 6) is -0.110. The van der Waals surface area contributed by atoms with Gasteiger partial charge in [0, 0.05) is 18.7 Å². The number of carbonyl (C=O) groups is 2. The molecule has 1 saturated heterocycles. The molecule has 1 fully saturated rings. The summed E-state index contributed by atoms with van der Waals surface area (Å²) in [5.41, 5.74) is 3.35. The third-order valence-corrected chi connectivity index (χ3v) is 4.68. The highest BCUT2D eigenvalue weighted by Gasteiger charge is 2.36. The van der Waals surface area contributed by atoms with Crippen molar-refractivity contribution in [3.05, 3.63) is 59.7 Å². The maximum absolute atomic E-state index is 12.4. The highest BCUT2D eigenvalue weighted by molar-refractivity contribution is 6.06. The van der Waals surface area contributed by atoms with Gasteiger partial charge in [-0.1, -0.05) is 30.3 Å². The molecule has 2 aromatic carbocycles. The third-order valence-electron chi connectivity index (χ3n) is 4.68. The number of hydrogen-bond donors (Lipinski definition) is 2. The topological polar surface area (TPSA) is 61.4 Å². The molecule has 0 saturated carbocycles. The van der Waals surface area contributed by atoms with Crippen LogP contribution in [-0.2, 0) is 11.3 Å². The fourth-order valence-electron chi connectivity index (χ4n) is 3.45. The summed E-state index contributed by atoms with van der Waals surface area (Å²) in [7, 11) is 0. The van der Waals surface area contributed by atoms with Crippen molar-refractivity contribution >= 4 is 23.2 Å². The lowest BCUT2D eigenvalue weighted by atomic mass is 10.1. The van der Waals surface area contributed by atoms with Gasteiger partial charge in [-0.05, 0) is 36.6 Å². The summed E-state index contributed by atoms with van der Waals surface area (Å²) >= 11 is 0. The first-order chi connectivity index (χ1) is 11.7. The zero-order chi connectivity index (χ0) is 16.5. The Morgan fingerprint density at radius 1 is 1.21 bits per heavy atom. The number of nitrogens with one attached hydrogen (secondary N) is 2. The molecular formula is C19H19N3O2. The van der Waals surface area contributed by atoms with Crippen molar-refractivity contribution < 1.29 is 9.59 Å². The normalized spacial score (nSPS) is 18.6. The van der Waals surface area contributed by atoms with Crippen LogP contribution in [0, 0.1) is 0 Å². The Balaban J connectivity index is 1.52. The molecule has 2 N–H and O–H groups in total. The van der Waals surface area contributed by atoms with Crippen LogP contribution in [-0.4, -0.2) is 24.4 Å². The molecule has 0 radical (unpaired) electrons. The van der Waals surface area contributed by atoms with Crippen molar-refractivity contribution in [3.63, 3.8) is 0 Å². The Kier molecular flexibility index (Phi) is 3.69. The zero-order valence-electron chi connectivity index (χ0n) is 13.3. The first kappa shape index (κ1) is 14.8. The number of fused-ring (bicyclic) bond motifs is 3. The van der Waals surface area contributed by atoms with E-state index in [1.165, 1.54) is 0 Å². The smallest absolute Gasteiger partial charge is 0.251 e. The van der Waals surface area contributed by atoms with Gasteiger partial charge in [0.1, 0.15) is 6.04 Å². The van der Waals surface area contributed by atoms with Gasteiger partial charge in [0.25, 0.3) is 5.91 Å². The number of rotatable bonds is 3. The number of anilines is 2. The fraction of sp³-hybridized carbons (Fsp3) is 0.263. The van der Waals surface area contributed by atoms with Crippen LogP contribution in [0.3, 0.4) is 0 Å². The highest BCUT2D eigenvalue weighted by Crippen LogP contribution is 2.37. The molecule has 1 atom stereocenters. The first-order valence-corrected chi connectivity index (χ1v) is 8.26. The van der Waals surface area contributed by atoms with Crippen LogP contribution in [0.4, 0.5) is 11.4 Å². The highest BCUT2D eigenvalue weighted by atomic mass is 16.2. The lowest BCUT2D eigenvalue weighted by Gasteiger charge is -2.33. The van der Waals surface area contributed by atoms with Crippen LogP contribution >= 0.6 is 0 Å². The van der Waals surface area contributed by atoms with E-state index in [9.17, 15) is 9.59 Å². The minimum atomic E-state index is -0.139. The number of carbonyl (C=O) groups excluding carboxylic acids is 2. The molecule has 2 aliphatic heterocycles. The Morgan fingerprint density at radius 3 is 2.88 bits per heavy atom. The van der Waals surface area contributed by atoms with Gasteiger partial charge in [-0.2, -0.15) is 0 Å². The molecule has 2 aromatic rings. The summed E-state index contributed by atoms with van der Waals surface area (Å²) in [4.78, 5) is 26.7. The second-order valence-electron chi connectivity index (χ2n) is 6.24. The minimum absolute atomic E-state index is 0.0295. The van der Waals surface area contributed by atoms with Crippen molar-refractivity contribution in [1.82, 2.24) is 5.32 Å². The summed E-state index contributed by atoms with van der Waals surface area (Å²) in [6.45, 7) is 1.38. The molecule has 0 spiro atoms. The molecule has 0 aromatic heterocycles. The van der Waals surface area contributed by atoms with Gasteiger partial charge in [-0.15, -0.1) is 0 Å². The predicted octanol–water partition coefficient (Wildman–Crippen LogP) is 2.54. The van der Waals surface area contributed by atoms with Gasteiger partial charge in [-0.3, -0.25) is 9.59 Å². The van der Waals surface area contributed by atoms with Crippen LogP contribution in [0.25, 0.3) is 0 Å². The number of hydrogen-bond acceptors (Lipinski definition) is 3. The average molecular weight is 321 g/mol. The van der Waals surface area contributed by atoms with Crippen LogP contribution in [0.2, 0.25) is 0 Å². The van der Waals surface area contributed by atoms with E-state index in [0.717, 1.165) is 36.3 Å². The standard InChI is InChI=1S/C19H19N3O2/c23-18(20-12-13-5-2-1-3-6-13)14-8-9-16-15(11-14)21-19(24)17-7-4-10-22(16)17/h1-3,5-6,8-9,11,17H,4,7,10,12H2,(H,20,23)(H,21,24). The predicted molar refractivity (Wildman–Crippen MR) is 93.1 cm³/mol. The molecule has 5 heteroatoms. The van der Waals surface area contributed by atoms with Crippen LogP contribution < -0.4 is 15.5 Å². The van der Waals surface area contributed by atoms with Crippen molar-refractivity contribution in [1.29, 1.82) is 0 Å². The van der Waals surface area contributed by atoms with E-state index < -0.39 is 0 Å². The monoisotopic (exact) mass is 321 g/mol. The van der Waals surface area contributed by atoms with Gasteiger partial charge in [-0.25, -0.2) is 0 Å². The van der Waals surface area contributed by atoms with Gasteiger partial charge in [0.05, 0.1) is 11.4 Å². The second-order valence-corrected chi connectivity index (χ2v) is 6.24. The van der Waals surface area contributed by atoms with Gasteiger partial charge in [0.15, 0.2) is 0 Å². The largest absolute Gasteiger partial charge is 0.358 e. The molecule has 2 heterocycles. The minimum Gasteiger partial charge on any atom is -0.358 e. The molecule has 2 aliphatic rings. The van der Waals surface area contributed by atoms with E-state index in [1.54, 1.807) is 6.07 Å². The molecule has 4 rings (SSSR count). The maximum Gasteiger partial charge on any atom is 0.251 e. The third kappa shape index (κ3) is 2.62. The van der Waals surface area contributed by atoms with Crippen molar-refractivity contribution in [2.24, 2.45) is 0 Å². The quantitative estimate of drug-likeness (QED) is 0.913. The zero-order valence-corrected chi connectivity index (χ0v) is 13.3. The number of nitrogens with zero attached hydrogens (tertiary/aromatic N) is 1. The molecular weight excluding hydrogens is 302 g/mol. The van der Waals surface area contributed by atoms with E-state index in [1.807, 2.05) is 42.5 Å². The van der Waals surface area contributed by atoms with Gasteiger partial charge < -0.3 is 15.5 Å². The van der Waals surface area contributed by atoms with Crippen molar-refractivity contribution in [3.8, 4) is 0 Å². The molecule has 2 amide bonds. The van der Waals surface area contributed by atoms with Crippen LogP contribution in [0.15, 0.2) is 48.5 Å². The van der Waals surface area contributed by atoms with E-state index in [-0.39, 0.29) is 17.9 Å². The number of benzene rings is 2. The molecule has 1 unspecified atom stereocenters. The molecule has 24 heavy (non-hydrogen) atoms. The Labute approximate surface area is 140 Å². The van der Waals surface area contributed by atoms with Crippen molar-refractivity contribution in [2.75, 3.05) is 16.8 Å². The van der Waals surface area contributed by atoms with E-state index in [0.29, 0.717) is 12.1 Å². The molecule has 0 aliphatic carbocycles. The number of amides is 2. The molecule has 5 nitrogen and oxygen atoms in total. The summed E-state index contributed by atoms with van der Waals surface area (Å²) in [6, 6.07) is 15.3. The average Bonchev–Trinajstić information content (AvgIpc) is 3.11. The summed E-state index contributed by atoms with van der Waals surface area (Å²) < 4.78 is 0. The molecule has 0 bridgehead atoms. The Morgan fingerprint density at radius 2 is 2.04 bits per heavy atom. The summed E-state index contributed by atoms with van der Waals surface area (Å²) in [6.07, 6.45) is 1.92. The second kappa shape index (κ2) is 6.00. The van der Waals surface area contributed by atoms with Crippen LogP contribution in [0.1, 0.15) is 28.8 Å². The van der Waals surface area contributed by atoms with Crippen LogP contribution in [0.5, 0.6) is 0 Å². The first-order valence-electron chi connectivity index (χ1n) is 8.26. The Hall–Kier alpha value is -2.82. The lowest BCUT2D eigenvalue weighted by molar-refractivity contribution is -0.117. The molecule has 122 valence electrons. The van der Waals surface area contributed by atoms with E-state index in [2.05, 4.69) is 15.5 Å². The van der Waals surface area contributed by atoms with E-state index >= 15 is 0 Å². The Bertz CT molecular complexity index is 788. The maximum atomic E-state index is 12.4. The van der Waals surface area contributed by atoms with Gasteiger partial charge in [0.2, 0.25) is 5.91 Å². The summed E-state index contributed by atoms with van der Waals surface area (Å²) in [5, 5.41) is 5.85. The lowest BCUT2D eigenvalue weighted by Crippen LogP contribution is -2.44. The fourth-order valence-corrected chi connectivity index (χ4v) is 3.45.